The Labute approximate surface area is 166 Å². The average Bonchev–Trinajstić information content (AvgIpc) is 3.16. The maximum absolute atomic E-state index is 12.9. The molecule has 0 aliphatic heterocycles. The van der Waals surface area contributed by atoms with E-state index in [1.54, 1.807) is 25.8 Å². The fourth-order valence-corrected chi connectivity index (χ4v) is 4.17. The molecule has 0 N–H and O–H groups in total. The first kappa shape index (κ1) is 18.3. The molecule has 28 heavy (non-hydrogen) atoms. The molecule has 2 aromatic heterocycles. The highest BCUT2D eigenvalue weighted by Gasteiger charge is 2.14. The summed E-state index contributed by atoms with van der Waals surface area (Å²) < 4.78 is 12.8. The van der Waals surface area contributed by atoms with Crippen LogP contribution < -0.4 is 15.0 Å². The highest BCUT2D eigenvalue weighted by Crippen LogP contribution is 2.32. The highest BCUT2D eigenvalue weighted by atomic mass is 32.1. The van der Waals surface area contributed by atoms with Crippen LogP contribution in [0.2, 0.25) is 0 Å². The van der Waals surface area contributed by atoms with Gasteiger partial charge in [-0.2, -0.15) is 0 Å². The molecule has 0 radical (unpaired) electrons. The summed E-state index contributed by atoms with van der Waals surface area (Å²) in [6, 6.07) is 17.6. The Morgan fingerprint density at radius 2 is 1.75 bits per heavy atom. The largest absolute Gasteiger partial charge is 0.497 e. The molecule has 0 unspecified atom stereocenters. The fourth-order valence-electron chi connectivity index (χ4n) is 3.10. The van der Waals surface area contributed by atoms with Gasteiger partial charge in [0.25, 0.3) is 5.56 Å². The molecule has 4 aromatic rings. The monoisotopic (exact) mass is 392 g/mol. The first-order valence-corrected chi connectivity index (χ1v) is 9.67. The van der Waals surface area contributed by atoms with Gasteiger partial charge in [0.1, 0.15) is 22.0 Å². The van der Waals surface area contributed by atoms with Crippen LogP contribution in [0.15, 0.2) is 59.4 Å². The molecule has 6 heteroatoms. The van der Waals surface area contributed by atoms with Crippen LogP contribution in [0.5, 0.6) is 11.5 Å². The Bertz CT molecular complexity index is 1190. The molecule has 0 aliphatic carbocycles. The van der Waals surface area contributed by atoms with E-state index in [0.717, 1.165) is 38.8 Å². The lowest BCUT2D eigenvalue weighted by Gasteiger charge is -2.08. The number of thiophene rings is 1. The van der Waals surface area contributed by atoms with Crippen molar-refractivity contribution in [3.63, 3.8) is 0 Å². The number of hydrogen-bond donors (Lipinski definition) is 0. The predicted molar refractivity (Wildman–Crippen MR) is 113 cm³/mol. The molecule has 0 amide bonds. The third kappa shape index (κ3) is 3.39. The topological polar surface area (TPSA) is 53.4 Å². The van der Waals surface area contributed by atoms with Gasteiger partial charge in [0.15, 0.2) is 0 Å². The molecular formula is C22H20N2O3S. The second kappa shape index (κ2) is 7.48. The number of nitrogens with zero attached hydrogens (tertiary/aromatic N) is 2. The van der Waals surface area contributed by atoms with Gasteiger partial charge >= 0.3 is 0 Å². The summed E-state index contributed by atoms with van der Waals surface area (Å²) in [4.78, 5) is 18.7. The van der Waals surface area contributed by atoms with E-state index in [1.807, 2.05) is 54.6 Å². The second-order valence-electron chi connectivity index (χ2n) is 6.47. The van der Waals surface area contributed by atoms with Crippen molar-refractivity contribution in [3.8, 4) is 21.9 Å². The van der Waals surface area contributed by atoms with Gasteiger partial charge in [-0.1, -0.05) is 24.3 Å². The third-order valence-electron chi connectivity index (χ3n) is 4.72. The molecule has 0 spiro atoms. The summed E-state index contributed by atoms with van der Waals surface area (Å²) in [7, 11) is 5.07. The normalized spacial score (nSPS) is 11.0. The molecule has 4 rings (SSSR count). The molecule has 0 bridgehead atoms. The molecule has 0 atom stereocenters. The Morgan fingerprint density at radius 3 is 2.46 bits per heavy atom. The second-order valence-corrected chi connectivity index (χ2v) is 7.53. The van der Waals surface area contributed by atoms with Crippen molar-refractivity contribution >= 4 is 21.6 Å². The van der Waals surface area contributed by atoms with E-state index < -0.39 is 0 Å². The van der Waals surface area contributed by atoms with E-state index in [0.29, 0.717) is 11.1 Å². The van der Waals surface area contributed by atoms with Crippen molar-refractivity contribution in [1.29, 1.82) is 0 Å². The minimum atomic E-state index is -0.0207. The van der Waals surface area contributed by atoms with Crippen LogP contribution in [0.1, 0.15) is 11.4 Å². The lowest BCUT2D eigenvalue weighted by Crippen LogP contribution is -2.21. The Balaban J connectivity index is 1.75. The van der Waals surface area contributed by atoms with Gasteiger partial charge < -0.3 is 9.47 Å². The molecule has 0 fully saturated rings. The molecule has 0 saturated heterocycles. The number of rotatable bonds is 5. The summed E-state index contributed by atoms with van der Waals surface area (Å²) in [5.41, 5.74) is 2.80. The van der Waals surface area contributed by atoms with Gasteiger partial charge in [-0.3, -0.25) is 9.36 Å². The van der Waals surface area contributed by atoms with E-state index in [4.69, 9.17) is 14.5 Å². The SMILES string of the molecule is COc1ccc(Cc2nc3cc(-c4cccc(OC)c4)sc3c(=O)n2C)cc1. The van der Waals surface area contributed by atoms with Gasteiger partial charge in [-0.25, -0.2) is 4.98 Å². The van der Waals surface area contributed by atoms with Crippen LogP contribution in [-0.4, -0.2) is 23.8 Å². The van der Waals surface area contributed by atoms with E-state index in [1.165, 1.54) is 11.3 Å². The molecule has 2 aromatic carbocycles. The van der Waals surface area contributed by atoms with Crippen LogP contribution in [-0.2, 0) is 13.5 Å². The molecule has 0 aliphatic rings. The maximum atomic E-state index is 12.9. The summed E-state index contributed by atoms with van der Waals surface area (Å²) >= 11 is 1.46. The zero-order valence-electron chi connectivity index (χ0n) is 15.9. The summed E-state index contributed by atoms with van der Waals surface area (Å²) in [5.74, 6) is 2.33. The van der Waals surface area contributed by atoms with Gasteiger partial charge in [0.05, 0.1) is 19.7 Å². The maximum Gasteiger partial charge on any atom is 0.271 e. The minimum Gasteiger partial charge on any atom is -0.497 e. The van der Waals surface area contributed by atoms with Crippen molar-refractivity contribution in [1.82, 2.24) is 9.55 Å². The summed E-state index contributed by atoms with van der Waals surface area (Å²) in [5, 5.41) is 0. The molecular weight excluding hydrogens is 372 g/mol. The van der Waals surface area contributed by atoms with E-state index in [9.17, 15) is 4.79 Å². The number of methoxy groups -OCH3 is 2. The number of benzene rings is 2. The molecule has 5 nitrogen and oxygen atoms in total. The number of aromatic nitrogens is 2. The van der Waals surface area contributed by atoms with Crippen LogP contribution in [0.4, 0.5) is 0 Å². The quantitative estimate of drug-likeness (QED) is 0.509. The fraction of sp³-hybridized carbons (Fsp3) is 0.182. The lowest BCUT2D eigenvalue weighted by molar-refractivity contribution is 0.414. The standard InChI is InChI=1S/C22H20N2O3S/c1-24-20(11-14-7-9-16(26-2)10-8-14)23-18-13-19(28-21(18)22(24)25)15-5-4-6-17(12-15)27-3/h4-10,12-13H,11H2,1-3H3. The van der Waals surface area contributed by atoms with Crippen molar-refractivity contribution in [2.24, 2.45) is 7.05 Å². The predicted octanol–water partition coefficient (Wildman–Crippen LogP) is 4.27. The smallest absolute Gasteiger partial charge is 0.271 e. The summed E-state index contributed by atoms with van der Waals surface area (Å²) in [6.07, 6.45) is 0.579. The zero-order chi connectivity index (χ0) is 19.7. The summed E-state index contributed by atoms with van der Waals surface area (Å²) in [6.45, 7) is 0. The Morgan fingerprint density at radius 1 is 1.00 bits per heavy atom. The number of hydrogen-bond acceptors (Lipinski definition) is 5. The van der Waals surface area contributed by atoms with E-state index >= 15 is 0 Å². The van der Waals surface area contributed by atoms with Gasteiger partial charge in [-0.15, -0.1) is 11.3 Å². The van der Waals surface area contributed by atoms with E-state index in [2.05, 4.69) is 0 Å². The molecule has 0 saturated carbocycles. The Hall–Kier alpha value is -3.12. The van der Waals surface area contributed by atoms with Crippen molar-refractivity contribution in [2.45, 2.75) is 6.42 Å². The van der Waals surface area contributed by atoms with E-state index in [-0.39, 0.29) is 5.56 Å². The van der Waals surface area contributed by atoms with Gasteiger partial charge in [0.2, 0.25) is 0 Å². The van der Waals surface area contributed by atoms with Gasteiger partial charge in [0, 0.05) is 18.3 Å². The van der Waals surface area contributed by atoms with Gasteiger partial charge in [-0.05, 0) is 41.5 Å². The van der Waals surface area contributed by atoms with Crippen molar-refractivity contribution in [2.75, 3.05) is 14.2 Å². The molecule has 2 heterocycles. The lowest BCUT2D eigenvalue weighted by atomic mass is 10.1. The third-order valence-corrected chi connectivity index (χ3v) is 5.88. The molecule has 142 valence electrons. The zero-order valence-corrected chi connectivity index (χ0v) is 16.7. The first-order valence-electron chi connectivity index (χ1n) is 8.86. The average molecular weight is 392 g/mol. The number of fused-ring (bicyclic) bond motifs is 1. The minimum absolute atomic E-state index is 0.0207. The van der Waals surface area contributed by atoms with Crippen molar-refractivity contribution < 1.29 is 9.47 Å². The van der Waals surface area contributed by atoms with Crippen molar-refractivity contribution in [3.05, 3.63) is 76.3 Å². The van der Waals surface area contributed by atoms with Crippen LogP contribution in [0.3, 0.4) is 0 Å². The highest BCUT2D eigenvalue weighted by molar-refractivity contribution is 7.22. The number of ether oxygens (including phenoxy) is 2. The Kier molecular flexibility index (Phi) is 4.88. The van der Waals surface area contributed by atoms with Crippen LogP contribution in [0, 0.1) is 0 Å². The van der Waals surface area contributed by atoms with Crippen LogP contribution in [0.25, 0.3) is 20.7 Å². The first-order chi connectivity index (χ1) is 13.6. The van der Waals surface area contributed by atoms with Crippen LogP contribution >= 0.6 is 11.3 Å².